The Hall–Kier alpha value is -1.18. The van der Waals surface area contributed by atoms with Crippen LogP contribution in [-0.2, 0) is 4.79 Å². The first-order valence-electron chi connectivity index (χ1n) is 5.65. The fourth-order valence-electron chi connectivity index (χ4n) is 1.53. The molecular formula is C12H18F3NO. The number of halogens is 3. The lowest BCUT2D eigenvalue weighted by Gasteiger charge is -2.28. The number of terminal acetylenes is 1. The number of alkyl halides is 3. The summed E-state index contributed by atoms with van der Waals surface area (Å²) in [7, 11) is 0. The van der Waals surface area contributed by atoms with Gasteiger partial charge >= 0.3 is 12.1 Å². The summed E-state index contributed by atoms with van der Waals surface area (Å²) in [5.41, 5.74) is 0. The molecule has 0 aromatic carbocycles. The molecule has 1 atom stereocenters. The lowest BCUT2D eigenvalue weighted by atomic mass is 10.1. The van der Waals surface area contributed by atoms with E-state index in [9.17, 15) is 18.0 Å². The lowest BCUT2D eigenvalue weighted by molar-refractivity contribution is -0.186. The van der Waals surface area contributed by atoms with E-state index in [1.807, 2.05) is 6.92 Å². The second-order valence-electron chi connectivity index (χ2n) is 3.98. The molecule has 0 aromatic heterocycles. The van der Waals surface area contributed by atoms with Gasteiger partial charge in [0.25, 0.3) is 0 Å². The topological polar surface area (TPSA) is 20.3 Å². The van der Waals surface area contributed by atoms with Crippen molar-refractivity contribution >= 4 is 5.91 Å². The maximum absolute atomic E-state index is 12.3. The molecule has 17 heavy (non-hydrogen) atoms. The molecule has 0 saturated carbocycles. The first-order chi connectivity index (χ1) is 7.84. The Morgan fingerprint density at radius 1 is 1.41 bits per heavy atom. The third kappa shape index (κ3) is 5.62. The molecule has 0 fully saturated rings. The highest BCUT2D eigenvalue weighted by Gasteiger charge is 2.43. The van der Waals surface area contributed by atoms with Crippen LogP contribution in [0, 0.1) is 12.3 Å². The second kappa shape index (κ2) is 7.21. The van der Waals surface area contributed by atoms with Gasteiger partial charge in [-0.05, 0) is 13.3 Å². The molecule has 0 aromatic rings. The molecular weight excluding hydrogens is 231 g/mol. The van der Waals surface area contributed by atoms with Gasteiger partial charge in [0.05, 0.1) is 6.54 Å². The van der Waals surface area contributed by atoms with Crippen molar-refractivity contribution in [1.29, 1.82) is 0 Å². The molecule has 2 nitrogen and oxygen atoms in total. The predicted octanol–water partition coefficient (Wildman–Crippen LogP) is 2.98. The quantitative estimate of drug-likeness (QED) is 0.523. The number of carbonyl (C=O) groups is 1. The standard InChI is InChI=1S/C12H18F3NO/c1-4-6-7-8-10(3)16(9-5-2)11(17)12(13,14)15/h2,10H,4,6-9H2,1,3H3. The highest BCUT2D eigenvalue weighted by Crippen LogP contribution is 2.21. The van der Waals surface area contributed by atoms with E-state index in [0.717, 1.165) is 24.2 Å². The molecule has 1 amide bonds. The van der Waals surface area contributed by atoms with Crippen molar-refractivity contribution < 1.29 is 18.0 Å². The minimum atomic E-state index is -4.85. The van der Waals surface area contributed by atoms with Crippen molar-refractivity contribution in [3.05, 3.63) is 0 Å². The zero-order valence-corrected chi connectivity index (χ0v) is 10.2. The molecule has 0 saturated heterocycles. The minimum Gasteiger partial charge on any atom is -0.321 e. The molecule has 0 aliphatic heterocycles. The van der Waals surface area contributed by atoms with Gasteiger partial charge in [-0.1, -0.05) is 32.1 Å². The van der Waals surface area contributed by atoms with Gasteiger partial charge in [-0.25, -0.2) is 0 Å². The lowest BCUT2D eigenvalue weighted by Crippen LogP contribution is -2.46. The van der Waals surface area contributed by atoms with E-state index in [1.54, 1.807) is 6.92 Å². The predicted molar refractivity (Wildman–Crippen MR) is 60.2 cm³/mol. The fourth-order valence-corrected chi connectivity index (χ4v) is 1.53. The van der Waals surface area contributed by atoms with Gasteiger partial charge in [-0.2, -0.15) is 13.2 Å². The molecule has 5 heteroatoms. The first kappa shape index (κ1) is 15.8. The SMILES string of the molecule is C#CCN(C(=O)C(F)(F)F)C(C)CCCCC. The van der Waals surface area contributed by atoms with Crippen molar-refractivity contribution in [1.82, 2.24) is 4.90 Å². The molecule has 0 rings (SSSR count). The van der Waals surface area contributed by atoms with Gasteiger partial charge in [-0.3, -0.25) is 4.79 Å². The zero-order chi connectivity index (χ0) is 13.5. The van der Waals surface area contributed by atoms with Gasteiger partial charge in [-0.15, -0.1) is 6.42 Å². The largest absolute Gasteiger partial charge is 0.471 e. The van der Waals surface area contributed by atoms with Gasteiger partial charge in [0.1, 0.15) is 0 Å². The highest BCUT2D eigenvalue weighted by molar-refractivity contribution is 5.82. The molecule has 0 spiro atoms. The summed E-state index contributed by atoms with van der Waals surface area (Å²) in [4.78, 5) is 11.9. The van der Waals surface area contributed by atoms with Crippen molar-refractivity contribution in [2.24, 2.45) is 0 Å². The Balaban J connectivity index is 4.52. The van der Waals surface area contributed by atoms with E-state index in [0.29, 0.717) is 6.42 Å². The molecule has 98 valence electrons. The molecule has 0 radical (unpaired) electrons. The summed E-state index contributed by atoms with van der Waals surface area (Å²) in [6, 6.07) is -0.480. The highest BCUT2D eigenvalue weighted by atomic mass is 19.4. The van der Waals surface area contributed by atoms with Crippen molar-refractivity contribution in [3.63, 3.8) is 0 Å². The smallest absolute Gasteiger partial charge is 0.321 e. The van der Waals surface area contributed by atoms with Crippen LogP contribution in [0.1, 0.15) is 39.5 Å². The van der Waals surface area contributed by atoms with Gasteiger partial charge in [0, 0.05) is 6.04 Å². The maximum Gasteiger partial charge on any atom is 0.471 e. The molecule has 0 aliphatic carbocycles. The number of amides is 1. The number of carbonyl (C=O) groups excluding carboxylic acids is 1. The molecule has 0 N–H and O–H groups in total. The van der Waals surface area contributed by atoms with E-state index in [4.69, 9.17) is 6.42 Å². The van der Waals surface area contributed by atoms with E-state index < -0.39 is 18.1 Å². The van der Waals surface area contributed by atoms with Gasteiger partial charge < -0.3 is 4.90 Å². The van der Waals surface area contributed by atoms with Crippen LogP contribution in [0.4, 0.5) is 13.2 Å². The van der Waals surface area contributed by atoms with Crippen LogP contribution < -0.4 is 0 Å². The monoisotopic (exact) mass is 249 g/mol. The average Bonchev–Trinajstić information content (AvgIpc) is 2.23. The van der Waals surface area contributed by atoms with Crippen LogP contribution >= 0.6 is 0 Å². The summed E-state index contributed by atoms with van der Waals surface area (Å²) in [5, 5.41) is 0. The zero-order valence-electron chi connectivity index (χ0n) is 10.2. The van der Waals surface area contributed by atoms with Crippen LogP contribution in [0.2, 0.25) is 0 Å². The third-order valence-corrected chi connectivity index (χ3v) is 2.52. The third-order valence-electron chi connectivity index (χ3n) is 2.52. The Bertz CT molecular complexity index is 280. The van der Waals surface area contributed by atoms with Crippen molar-refractivity contribution in [2.45, 2.75) is 51.7 Å². The molecule has 0 aliphatic rings. The maximum atomic E-state index is 12.3. The Morgan fingerprint density at radius 2 is 2.00 bits per heavy atom. The summed E-state index contributed by atoms with van der Waals surface area (Å²) in [5.74, 6) is 0.249. The summed E-state index contributed by atoms with van der Waals surface area (Å²) in [6.07, 6.45) is 3.40. The van der Waals surface area contributed by atoms with E-state index >= 15 is 0 Å². The second-order valence-corrected chi connectivity index (χ2v) is 3.98. The molecule has 1 unspecified atom stereocenters. The number of hydrogen-bond acceptors (Lipinski definition) is 1. The molecule has 0 bridgehead atoms. The van der Waals surface area contributed by atoms with Crippen LogP contribution in [0.3, 0.4) is 0 Å². The van der Waals surface area contributed by atoms with E-state index in [-0.39, 0.29) is 6.54 Å². The van der Waals surface area contributed by atoms with Gasteiger partial charge in [0.2, 0.25) is 0 Å². The van der Waals surface area contributed by atoms with Crippen LogP contribution in [0.5, 0.6) is 0 Å². The van der Waals surface area contributed by atoms with Crippen LogP contribution in [0.15, 0.2) is 0 Å². The minimum absolute atomic E-state index is 0.300. The Labute approximate surface area is 100 Å². The molecule has 0 heterocycles. The Kier molecular flexibility index (Phi) is 6.71. The first-order valence-corrected chi connectivity index (χ1v) is 5.65. The van der Waals surface area contributed by atoms with E-state index in [2.05, 4.69) is 5.92 Å². The number of nitrogens with zero attached hydrogens (tertiary/aromatic N) is 1. The summed E-state index contributed by atoms with van der Waals surface area (Å²) in [6.45, 7) is 3.30. The van der Waals surface area contributed by atoms with Crippen LogP contribution in [-0.4, -0.2) is 29.6 Å². The number of unbranched alkanes of at least 4 members (excludes halogenated alkanes) is 2. The summed E-state index contributed by atoms with van der Waals surface area (Å²) >= 11 is 0. The van der Waals surface area contributed by atoms with Crippen LogP contribution in [0.25, 0.3) is 0 Å². The fraction of sp³-hybridized carbons (Fsp3) is 0.750. The number of hydrogen-bond donors (Lipinski definition) is 0. The average molecular weight is 249 g/mol. The van der Waals surface area contributed by atoms with Crippen molar-refractivity contribution in [2.75, 3.05) is 6.54 Å². The van der Waals surface area contributed by atoms with Gasteiger partial charge in [0.15, 0.2) is 0 Å². The normalized spacial score (nSPS) is 12.9. The van der Waals surface area contributed by atoms with Crippen molar-refractivity contribution in [3.8, 4) is 12.3 Å². The number of rotatable bonds is 6. The van der Waals surface area contributed by atoms with E-state index in [1.165, 1.54) is 0 Å². The summed E-state index contributed by atoms with van der Waals surface area (Å²) < 4.78 is 36.9. The Morgan fingerprint density at radius 3 is 2.41 bits per heavy atom.